The number of nitrogens with two attached hydrogens (primary N) is 1. The highest BCUT2D eigenvalue weighted by Crippen LogP contribution is 2.14. The van der Waals surface area contributed by atoms with E-state index in [1.807, 2.05) is 4.90 Å². The SMILES string of the molecule is NC(=S)c1cccc(S(=O)(=O)CCN2CCNC(=O)C2)c1. The first-order valence-electron chi connectivity index (χ1n) is 6.50. The standard InChI is InChI=1S/C13H17N3O3S2/c14-13(20)10-2-1-3-11(8-10)21(18,19)7-6-16-5-4-15-12(17)9-16/h1-3,8H,4-7,9H2,(H2,14,20)(H,15,17). The van der Waals surface area contributed by atoms with Crippen molar-refractivity contribution >= 4 is 33.0 Å². The van der Waals surface area contributed by atoms with Gasteiger partial charge in [0, 0.05) is 25.2 Å². The normalized spacial score (nSPS) is 16.5. The molecule has 21 heavy (non-hydrogen) atoms. The van der Waals surface area contributed by atoms with Crippen LogP contribution in [0.1, 0.15) is 5.56 Å². The lowest BCUT2D eigenvalue weighted by atomic mass is 10.2. The molecule has 1 aromatic carbocycles. The van der Waals surface area contributed by atoms with Crippen LogP contribution in [0.25, 0.3) is 0 Å². The summed E-state index contributed by atoms with van der Waals surface area (Å²) in [6.07, 6.45) is 0. The van der Waals surface area contributed by atoms with Crippen molar-refractivity contribution < 1.29 is 13.2 Å². The molecule has 1 aliphatic heterocycles. The molecule has 0 bridgehead atoms. The second kappa shape index (κ2) is 6.50. The van der Waals surface area contributed by atoms with Crippen molar-refractivity contribution in [3.63, 3.8) is 0 Å². The Kier molecular flexibility index (Phi) is 4.92. The molecule has 2 rings (SSSR count). The van der Waals surface area contributed by atoms with Gasteiger partial charge >= 0.3 is 0 Å². The Labute approximate surface area is 129 Å². The van der Waals surface area contributed by atoms with Gasteiger partial charge in [-0.1, -0.05) is 24.4 Å². The van der Waals surface area contributed by atoms with Crippen LogP contribution in [-0.4, -0.2) is 56.1 Å². The average Bonchev–Trinajstić information content (AvgIpc) is 2.45. The monoisotopic (exact) mass is 327 g/mol. The number of carbonyl (C=O) groups is 1. The van der Waals surface area contributed by atoms with Crippen molar-refractivity contribution in [1.82, 2.24) is 10.2 Å². The number of hydrogen-bond acceptors (Lipinski definition) is 5. The number of sulfone groups is 1. The van der Waals surface area contributed by atoms with E-state index in [1.165, 1.54) is 12.1 Å². The molecule has 0 unspecified atom stereocenters. The molecule has 0 saturated carbocycles. The fourth-order valence-corrected chi connectivity index (χ4v) is 3.55. The zero-order valence-corrected chi connectivity index (χ0v) is 13.0. The van der Waals surface area contributed by atoms with Gasteiger partial charge in [0.2, 0.25) is 5.91 Å². The van der Waals surface area contributed by atoms with Crippen LogP contribution in [0.3, 0.4) is 0 Å². The van der Waals surface area contributed by atoms with Gasteiger partial charge in [-0.25, -0.2) is 8.42 Å². The van der Waals surface area contributed by atoms with Gasteiger partial charge < -0.3 is 11.1 Å². The summed E-state index contributed by atoms with van der Waals surface area (Å²) in [6.45, 7) is 1.78. The van der Waals surface area contributed by atoms with Crippen LogP contribution in [0, 0.1) is 0 Å². The summed E-state index contributed by atoms with van der Waals surface area (Å²) in [5.41, 5.74) is 6.05. The highest BCUT2D eigenvalue weighted by atomic mass is 32.2. The summed E-state index contributed by atoms with van der Waals surface area (Å²) in [5, 5.41) is 2.70. The number of nitrogens with zero attached hydrogens (tertiary/aromatic N) is 1. The van der Waals surface area contributed by atoms with Crippen molar-refractivity contribution in [3.8, 4) is 0 Å². The summed E-state index contributed by atoms with van der Waals surface area (Å²) in [7, 11) is -3.42. The first-order valence-corrected chi connectivity index (χ1v) is 8.56. The van der Waals surface area contributed by atoms with Crippen LogP contribution < -0.4 is 11.1 Å². The maximum absolute atomic E-state index is 12.3. The summed E-state index contributed by atoms with van der Waals surface area (Å²) in [6, 6.07) is 6.31. The summed E-state index contributed by atoms with van der Waals surface area (Å²) in [5.74, 6) is -0.115. The van der Waals surface area contributed by atoms with Gasteiger partial charge in [0.1, 0.15) is 4.99 Å². The van der Waals surface area contributed by atoms with E-state index in [9.17, 15) is 13.2 Å². The van der Waals surface area contributed by atoms with E-state index in [0.29, 0.717) is 25.2 Å². The number of rotatable bonds is 5. The Bertz CT molecular complexity index is 658. The molecule has 8 heteroatoms. The molecule has 1 heterocycles. The minimum atomic E-state index is -3.42. The average molecular weight is 327 g/mol. The number of nitrogens with one attached hydrogen (secondary N) is 1. The number of hydrogen-bond donors (Lipinski definition) is 2. The predicted octanol–water partition coefficient (Wildman–Crippen LogP) is -0.474. The number of amides is 1. The fourth-order valence-electron chi connectivity index (χ4n) is 2.09. The molecule has 0 aromatic heterocycles. The van der Waals surface area contributed by atoms with Gasteiger partial charge in [-0.15, -0.1) is 0 Å². The van der Waals surface area contributed by atoms with Gasteiger partial charge in [-0.05, 0) is 12.1 Å². The van der Waals surface area contributed by atoms with Crippen molar-refractivity contribution in [2.45, 2.75) is 4.90 Å². The third-order valence-corrected chi connectivity index (χ3v) is 5.20. The smallest absolute Gasteiger partial charge is 0.234 e. The molecule has 1 aliphatic rings. The highest BCUT2D eigenvalue weighted by molar-refractivity contribution is 7.91. The molecule has 0 spiro atoms. The molecule has 3 N–H and O–H groups in total. The lowest BCUT2D eigenvalue weighted by Crippen LogP contribution is -2.48. The molecular formula is C13H17N3O3S2. The summed E-state index contributed by atoms with van der Waals surface area (Å²) >= 11 is 4.85. The Morgan fingerprint density at radius 3 is 2.86 bits per heavy atom. The van der Waals surface area contributed by atoms with Gasteiger partial charge in [-0.3, -0.25) is 9.69 Å². The lowest BCUT2D eigenvalue weighted by molar-refractivity contribution is -0.123. The Morgan fingerprint density at radius 2 is 2.19 bits per heavy atom. The van der Waals surface area contributed by atoms with E-state index >= 15 is 0 Å². The van der Waals surface area contributed by atoms with Crippen LogP contribution in [0.2, 0.25) is 0 Å². The largest absolute Gasteiger partial charge is 0.389 e. The van der Waals surface area contributed by atoms with Crippen LogP contribution in [0.15, 0.2) is 29.2 Å². The van der Waals surface area contributed by atoms with E-state index in [1.54, 1.807) is 12.1 Å². The third kappa shape index (κ3) is 4.23. The van der Waals surface area contributed by atoms with Crippen LogP contribution in [0.4, 0.5) is 0 Å². The van der Waals surface area contributed by atoms with Gasteiger partial charge in [0.25, 0.3) is 0 Å². The first-order chi connectivity index (χ1) is 9.88. The van der Waals surface area contributed by atoms with Gasteiger partial charge in [0.05, 0.1) is 17.2 Å². The lowest BCUT2D eigenvalue weighted by Gasteiger charge is -2.26. The number of carbonyl (C=O) groups excluding carboxylic acids is 1. The van der Waals surface area contributed by atoms with E-state index in [-0.39, 0.29) is 28.1 Å². The Morgan fingerprint density at radius 1 is 1.43 bits per heavy atom. The quantitative estimate of drug-likeness (QED) is 0.710. The molecule has 1 fully saturated rings. The molecular weight excluding hydrogens is 310 g/mol. The van der Waals surface area contributed by atoms with Gasteiger partial charge in [-0.2, -0.15) is 0 Å². The molecule has 114 valence electrons. The fraction of sp³-hybridized carbons (Fsp3) is 0.385. The maximum atomic E-state index is 12.3. The highest BCUT2D eigenvalue weighted by Gasteiger charge is 2.20. The van der Waals surface area contributed by atoms with E-state index in [0.717, 1.165) is 0 Å². The van der Waals surface area contributed by atoms with Crippen molar-refractivity contribution in [2.75, 3.05) is 31.9 Å². The van der Waals surface area contributed by atoms with E-state index < -0.39 is 9.84 Å². The third-order valence-electron chi connectivity index (χ3n) is 3.27. The van der Waals surface area contributed by atoms with Crippen molar-refractivity contribution in [3.05, 3.63) is 29.8 Å². The molecule has 6 nitrogen and oxygen atoms in total. The first kappa shape index (κ1) is 15.9. The molecule has 1 saturated heterocycles. The number of benzene rings is 1. The van der Waals surface area contributed by atoms with Crippen LogP contribution in [0.5, 0.6) is 0 Å². The molecule has 0 atom stereocenters. The zero-order valence-electron chi connectivity index (χ0n) is 11.4. The Hall–Kier alpha value is -1.51. The maximum Gasteiger partial charge on any atom is 0.234 e. The number of piperazine rings is 1. The molecule has 0 aliphatic carbocycles. The molecule has 1 amide bonds. The molecule has 1 aromatic rings. The Balaban J connectivity index is 2.06. The second-order valence-electron chi connectivity index (χ2n) is 4.84. The topological polar surface area (TPSA) is 92.5 Å². The van der Waals surface area contributed by atoms with Gasteiger partial charge in [0.15, 0.2) is 9.84 Å². The zero-order chi connectivity index (χ0) is 15.5. The minimum Gasteiger partial charge on any atom is -0.389 e. The van der Waals surface area contributed by atoms with E-state index in [4.69, 9.17) is 18.0 Å². The minimum absolute atomic E-state index is 0.0406. The van der Waals surface area contributed by atoms with Crippen molar-refractivity contribution in [2.24, 2.45) is 5.73 Å². The van der Waals surface area contributed by atoms with E-state index in [2.05, 4.69) is 5.32 Å². The van der Waals surface area contributed by atoms with Crippen molar-refractivity contribution in [1.29, 1.82) is 0 Å². The summed E-state index contributed by atoms with van der Waals surface area (Å²) in [4.78, 5) is 13.5. The summed E-state index contributed by atoms with van der Waals surface area (Å²) < 4.78 is 24.6. The predicted molar refractivity (Wildman–Crippen MR) is 83.8 cm³/mol. The molecule has 0 radical (unpaired) electrons. The number of thiocarbonyl (C=S) groups is 1. The van der Waals surface area contributed by atoms with Crippen LogP contribution in [-0.2, 0) is 14.6 Å². The second-order valence-corrected chi connectivity index (χ2v) is 7.39. The van der Waals surface area contributed by atoms with Crippen LogP contribution >= 0.6 is 12.2 Å².